The minimum Gasteiger partial charge on any atom is -0.321 e. The van der Waals surface area contributed by atoms with Crippen molar-refractivity contribution in [2.24, 2.45) is 0 Å². The van der Waals surface area contributed by atoms with Crippen molar-refractivity contribution in [3.8, 4) is 11.3 Å². The molecule has 0 spiro atoms. The van der Waals surface area contributed by atoms with Gasteiger partial charge in [0.2, 0.25) is 0 Å². The summed E-state index contributed by atoms with van der Waals surface area (Å²) in [5.41, 5.74) is 5.67. The second kappa shape index (κ2) is 5.15. The molecule has 1 heterocycles. The van der Waals surface area contributed by atoms with Gasteiger partial charge in [-0.15, -0.1) is 0 Å². The molecule has 2 aromatic carbocycles. The fourth-order valence-corrected chi connectivity index (χ4v) is 2.96. The van der Waals surface area contributed by atoms with Gasteiger partial charge in [-0.1, -0.05) is 42.5 Å². The van der Waals surface area contributed by atoms with E-state index in [1.54, 1.807) is 0 Å². The first kappa shape index (κ1) is 12.8. The van der Waals surface area contributed by atoms with Gasteiger partial charge in [0.25, 0.3) is 5.91 Å². The van der Waals surface area contributed by atoms with Gasteiger partial charge < -0.3 is 5.32 Å². The molecule has 2 N–H and O–H groups in total. The summed E-state index contributed by atoms with van der Waals surface area (Å²) in [7, 11) is 0. The molecule has 108 valence electrons. The molecule has 4 nitrogen and oxygen atoms in total. The number of benzene rings is 2. The maximum Gasteiger partial charge on any atom is 0.273 e. The molecule has 1 amide bonds. The zero-order chi connectivity index (χ0) is 14.9. The number of rotatable bonds is 2. The van der Waals surface area contributed by atoms with Crippen LogP contribution in [0.5, 0.6) is 0 Å². The Bertz CT molecular complexity index is 837. The molecule has 22 heavy (non-hydrogen) atoms. The van der Waals surface area contributed by atoms with E-state index in [0.29, 0.717) is 5.69 Å². The second-order valence-corrected chi connectivity index (χ2v) is 5.40. The number of para-hydroxylation sites is 1. The summed E-state index contributed by atoms with van der Waals surface area (Å²) >= 11 is 0. The number of aromatic nitrogens is 2. The molecule has 0 saturated carbocycles. The molecule has 0 aliphatic heterocycles. The van der Waals surface area contributed by atoms with E-state index in [0.717, 1.165) is 35.3 Å². The Morgan fingerprint density at radius 2 is 1.77 bits per heavy atom. The van der Waals surface area contributed by atoms with Crippen LogP contribution >= 0.6 is 0 Å². The third kappa shape index (κ3) is 2.09. The van der Waals surface area contributed by atoms with Crippen LogP contribution in [-0.2, 0) is 12.8 Å². The Labute approximate surface area is 128 Å². The third-order valence-corrected chi connectivity index (χ3v) is 4.04. The van der Waals surface area contributed by atoms with Gasteiger partial charge in [0.1, 0.15) is 5.69 Å². The van der Waals surface area contributed by atoms with Crippen molar-refractivity contribution in [2.45, 2.75) is 12.8 Å². The minimum atomic E-state index is -0.140. The van der Waals surface area contributed by atoms with Crippen molar-refractivity contribution >= 4 is 11.6 Å². The number of aromatic amines is 1. The lowest BCUT2D eigenvalue weighted by atomic mass is 9.89. The number of H-pyrrole nitrogens is 1. The zero-order valence-electron chi connectivity index (χ0n) is 12.0. The lowest BCUT2D eigenvalue weighted by molar-refractivity contribution is 0.102. The summed E-state index contributed by atoms with van der Waals surface area (Å²) in [6, 6.07) is 17.7. The maximum absolute atomic E-state index is 12.5. The number of nitrogens with one attached hydrogen (secondary N) is 2. The third-order valence-electron chi connectivity index (χ3n) is 4.04. The van der Waals surface area contributed by atoms with Gasteiger partial charge in [0.15, 0.2) is 0 Å². The molecule has 1 aliphatic carbocycles. The Morgan fingerprint density at radius 1 is 1.00 bits per heavy atom. The molecule has 0 atom stereocenters. The Morgan fingerprint density at radius 3 is 2.64 bits per heavy atom. The van der Waals surface area contributed by atoms with Gasteiger partial charge in [0, 0.05) is 16.8 Å². The average molecular weight is 289 g/mol. The molecule has 0 saturated heterocycles. The quantitative estimate of drug-likeness (QED) is 0.759. The van der Waals surface area contributed by atoms with Crippen LogP contribution in [0.25, 0.3) is 11.3 Å². The largest absolute Gasteiger partial charge is 0.321 e. The molecule has 0 radical (unpaired) electrons. The van der Waals surface area contributed by atoms with E-state index in [1.165, 1.54) is 5.56 Å². The predicted molar refractivity (Wildman–Crippen MR) is 85.8 cm³/mol. The molecule has 0 bridgehead atoms. The molecule has 0 unspecified atom stereocenters. The number of carbonyl (C=O) groups excluding carboxylic acids is 1. The van der Waals surface area contributed by atoms with E-state index in [2.05, 4.69) is 27.6 Å². The Hall–Kier alpha value is -2.88. The van der Waals surface area contributed by atoms with Crippen LogP contribution in [0.3, 0.4) is 0 Å². The Balaban J connectivity index is 1.69. The first-order valence-corrected chi connectivity index (χ1v) is 7.35. The van der Waals surface area contributed by atoms with Gasteiger partial charge in [-0.2, -0.15) is 5.10 Å². The van der Waals surface area contributed by atoms with Crippen molar-refractivity contribution in [2.75, 3.05) is 5.32 Å². The number of carbonyl (C=O) groups is 1. The minimum absolute atomic E-state index is 0.140. The Kier molecular flexibility index (Phi) is 3.00. The maximum atomic E-state index is 12.5. The number of amides is 1. The topological polar surface area (TPSA) is 57.8 Å². The second-order valence-electron chi connectivity index (χ2n) is 5.40. The number of nitrogens with zero attached hydrogens (tertiary/aromatic N) is 1. The number of fused-ring (bicyclic) bond motifs is 3. The molecule has 1 aromatic heterocycles. The number of hydrogen-bond donors (Lipinski definition) is 2. The highest BCUT2D eigenvalue weighted by Crippen LogP contribution is 2.33. The van der Waals surface area contributed by atoms with Crippen LogP contribution in [0.1, 0.15) is 21.6 Å². The van der Waals surface area contributed by atoms with E-state index in [-0.39, 0.29) is 5.91 Å². The van der Waals surface area contributed by atoms with Crippen LogP contribution in [-0.4, -0.2) is 16.1 Å². The van der Waals surface area contributed by atoms with Gasteiger partial charge in [0.05, 0.1) is 5.69 Å². The highest BCUT2D eigenvalue weighted by atomic mass is 16.1. The van der Waals surface area contributed by atoms with E-state index in [9.17, 15) is 4.79 Å². The number of aryl methyl sites for hydroxylation is 1. The van der Waals surface area contributed by atoms with Crippen LogP contribution in [0.2, 0.25) is 0 Å². The predicted octanol–water partition coefficient (Wildman–Crippen LogP) is 3.43. The summed E-state index contributed by atoms with van der Waals surface area (Å²) < 4.78 is 0. The van der Waals surface area contributed by atoms with Crippen molar-refractivity contribution < 1.29 is 4.79 Å². The van der Waals surface area contributed by atoms with Crippen molar-refractivity contribution in [3.05, 3.63) is 71.4 Å². The summed E-state index contributed by atoms with van der Waals surface area (Å²) in [6.07, 6.45) is 1.77. The van der Waals surface area contributed by atoms with E-state index >= 15 is 0 Å². The highest BCUT2D eigenvalue weighted by molar-refractivity contribution is 6.05. The standard InChI is InChI=1S/C18H15N3O/c22-18(19-13-7-2-1-3-8-13)17-15-11-10-12-6-4-5-9-14(12)16(15)20-21-17/h1-9H,10-11H2,(H,19,22)(H,20,21). The first-order valence-electron chi connectivity index (χ1n) is 7.35. The molecule has 4 heteroatoms. The van der Waals surface area contributed by atoms with Crippen LogP contribution in [0, 0.1) is 0 Å². The van der Waals surface area contributed by atoms with Crippen LogP contribution in [0.15, 0.2) is 54.6 Å². The van der Waals surface area contributed by atoms with Crippen LogP contribution < -0.4 is 5.32 Å². The summed E-state index contributed by atoms with van der Waals surface area (Å²) in [4.78, 5) is 12.5. The summed E-state index contributed by atoms with van der Waals surface area (Å²) in [5, 5.41) is 10.2. The van der Waals surface area contributed by atoms with Gasteiger partial charge in [-0.05, 0) is 30.5 Å². The molecule has 3 aromatic rings. The van der Waals surface area contributed by atoms with Crippen molar-refractivity contribution in [1.29, 1.82) is 0 Å². The van der Waals surface area contributed by atoms with Crippen molar-refractivity contribution in [3.63, 3.8) is 0 Å². The zero-order valence-corrected chi connectivity index (χ0v) is 12.0. The average Bonchev–Trinajstić information content (AvgIpc) is 3.00. The lowest BCUT2D eigenvalue weighted by Crippen LogP contribution is -2.15. The highest BCUT2D eigenvalue weighted by Gasteiger charge is 2.24. The van der Waals surface area contributed by atoms with Crippen LogP contribution in [0.4, 0.5) is 5.69 Å². The molecule has 4 rings (SSSR count). The van der Waals surface area contributed by atoms with E-state index in [4.69, 9.17) is 0 Å². The monoisotopic (exact) mass is 289 g/mol. The normalized spacial score (nSPS) is 12.4. The number of hydrogen-bond acceptors (Lipinski definition) is 2. The van der Waals surface area contributed by atoms with Crippen molar-refractivity contribution in [1.82, 2.24) is 10.2 Å². The molecule has 0 fully saturated rings. The van der Waals surface area contributed by atoms with Gasteiger partial charge >= 0.3 is 0 Å². The SMILES string of the molecule is O=C(Nc1ccccc1)c1[nH]nc2c1CCc1ccccc1-2. The van der Waals surface area contributed by atoms with Gasteiger partial charge in [-0.3, -0.25) is 9.89 Å². The lowest BCUT2D eigenvalue weighted by Gasteiger charge is -2.15. The smallest absolute Gasteiger partial charge is 0.273 e. The molecular formula is C18H15N3O. The van der Waals surface area contributed by atoms with E-state index < -0.39 is 0 Å². The molecular weight excluding hydrogens is 274 g/mol. The fraction of sp³-hybridized carbons (Fsp3) is 0.111. The fourth-order valence-electron chi connectivity index (χ4n) is 2.96. The van der Waals surface area contributed by atoms with Gasteiger partial charge in [-0.25, -0.2) is 0 Å². The molecule has 1 aliphatic rings. The van der Waals surface area contributed by atoms with E-state index in [1.807, 2.05) is 42.5 Å². The summed E-state index contributed by atoms with van der Waals surface area (Å²) in [6.45, 7) is 0. The summed E-state index contributed by atoms with van der Waals surface area (Å²) in [5.74, 6) is -0.140. The first-order chi connectivity index (χ1) is 10.8. The number of anilines is 1.